The van der Waals surface area contributed by atoms with Crippen LogP contribution in [0.1, 0.15) is 96.8 Å². The molecule has 0 heterocycles. The molecule has 0 aromatic rings. The zero-order valence-corrected chi connectivity index (χ0v) is 15.1. The zero-order valence-electron chi connectivity index (χ0n) is 15.1. The summed E-state index contributed by atoms with van der Waals surface area (Å²) in [6.07, 6.45) is 15.6. The zero-order chi connectivity index (χ0) is 17.3. The molecule has 0 saturated carbocycles. The summed E-state index contributed by atoms with van der Waals surface area (Å²) in [5.41, 5.74) is 5.44. The van der Waals surface area contributed by atoms with Crippen molar-refractivity contribution in [1.82, 2.24) is 0 Å². The van der Waals surface area contributed by atoms with Gasteiger partial charge in [0.2, 0.25) is 0 Å². The van der Waals surface area contributed by atoms with Gasteiger partial charge in [0.1, 0.15) is 6.10 Å². The van der Waals surface area contributed by atoms with Gasteiger partial charge < -0.3 is 15.9 Å². The van der Waals surface area contributed by atoms with E-state index in [-0.39, 0.29) is 12.4 Å². The van der Waals surface area contributed by atoms with E-state index in [1.807, 2.05) is 0 Å². The molecule has 0 fully saturated rings. The molecule has 0 rings (SSSR count). The third kappa shape index (κ3) is 13.7. The van der Waals surface area contributed by atoms with Crippen LogP contribution in [0.4, 0.5) is 0 Å². The number of hydrogen-bond donors (Lipinski definition) is 3. The number of carbonyl (C=O) groups is 1. The summed E-state index contributed by atoms with van der Waals surface area (Å²) in [4.78, 5) is 11.6. The van der Waals surface area contributed by atoms with Gasteiger partial charge in [-0.15, -0.1) is 0 Å². The number of aliphatic hydroxyl groups is 2. The van der Waals surface area contributed by atoms with Gasteiger partial charge >= 0.3 is 0 Å². The van der Waals surface area contributed by atoms with Crippen molar-refractivity contribution < 1.29 is 15.0 Å². The first-order chi connectivity index (χ1) is 11.1. The summed E-state index contributed by atoms with van der Waals surface area (Å²) in [6, 6.07) is -0.843. The fraction of sp³-hybridized carbons (Fsp3) is 0.947. The van der Waals surface area contributed by atoms with Crippen LogP contribution in [0.3, 0.4) is 0 Å². The fourth-order valence-electron chi connectivity index (χ4n) is 2.80. The topological polar surface area (TPSA) is 83.5 Å². The van der Waals surface area contributed by atoms with Crippen molar-refractivity contribution in [3.63, 3.8) is 0 Å². The summed E-state index contributed by atoms with van der Waals surface area (Å²) in [5.74, 6) is -0.241. The Morgan fingerprint density at radius 2 is 1.22 bits per heavy atom. The van der Waals surface area contributed by atoms with Crippen LogP contribution in [-0.2, 0) is 4.79 Å². The van der Waals surface area contributed by atoms with Crippen molar-refractivity contribution in [3.05, 3.63) is 0 Å². The van der Waals surface area contributed by atoms with Crippen LogP contribution in [0.15, 0.2) is 0 Å². The number of unbranched alkanes of at least 4 members (excludes halogenated alkanes) is 12. The highest BCUT2D eigenvalue weighted by molar-refractivity contribution is 5.83. The molecule has 4 heteroatoms. The standard InChI is InChI=1S/C19H39NO3/c1-2-3-4-5-6-7-8-9-10-11-12-13-14-15-18(22)19(23)17(20)16-21/h17,19,21,23H,2-16,20H2,1H3/t17-,19-/m0/s1. The molecule has 138 valence electrons. The second-order valence-corrected chi connectivity index (χ2v) is 6.75. The Labute approximate surface area is 142 Å². The Hall–Kier alpha value is -0.450. The van der Waals surface area contributed by atoms with Gasteiger partial charge in [-0.25, -0.2) is 0 Å². The minimum Gasteiger partial charge on any atom is -0.395 e. The Morgan fingerprint density at radius 1 is 0.826 bits per heavy atom. The summed E-state index contributed by atoms with van der Waals surface area (Å²) in [6.45, 7) is 1.90. The lowest BCUT2D eigenvalue weighted by Gasteiger charge is -2.14. The lowest BCUT2D eigenvalue weighted by molar-refractivity contribution is -0.128. The lowest BCUT2D eigenvalue weighted by Crippen LogP contribution is -2.42. The van der Waals surface area contributed by atoms with Crippen molar-refractivity contribution >= 4 is 5.78 Å². The van der Waals surface area contributed by atoms with E-state index in [1.165, 1.54) is 64.2 Å². The molecule has 0 radical (unpaired) electrons. The number of ketones is 1. The first-order valence-electron chi connectivity index (χ1n) is 9.70. The maximum absolute atomic E-state index is 11.6. The molecule has 23 heavy (non-hydrogen) atoms. The van der Waals surface area contributed by atoms with E-state index < -0.39 is 12.1 Å². The van der Waals surface area contributed by atoms with E-state index in [4.69, 9.17) is 10.8 Å². The predicted octanol–water partition coefficient (Wildman–Crippen LogP) is 3.72. The minimum absolute atomic E-state index is 0.241. The Bertz CT molecular complexity index is 271. The average molecular weight is 330 g/mol. The maximum Gasteiger partial charge on any atom is 0.162 e. The van der Waals surface area contributed by atoms with Gasteiger partial charge in [0.05, 0.1) is 12.6 Å². The van der Waals surface area contributed by atoms with Crippen LogP contribution in [0.5, 0.6) is 0 Å². The van der Waals surface area contributed by atoms with Crippen LogP contribution in [0.2, 0.25) is 0 Å². The minimum atomic E-state index is -1.21. The molecule has 0 bridgehead atoms. The Kier molecular flexibility index (Phi) is 16.1. The quantitative estimate of drug-likeness (QED) is 0.355. The number of Topliss-reactive ketones (excluding diaryl/α,β-unsaturated/α-hetero) is 1. The van der Waals surface area contributed by atoms with E-state index in [9.17, 15) is 9.90 Å². The van der Waals surface area contributed by atoms with Gasteiger partial charge in [0.15, 0.2) is 5.78 Å². The van der Waals surface area contributed by atoms with Gasteiger partial charge in [0.25, 0.3) is 0 Å². The third-order valence-electron chi connectivity index (χ3n) is 4.47. The lowest BCUT2D eigenvalue weighted by atomic mass is 10.0. The molecule has 0 aromatic heterocycles. The van der Waals surface area contributed by atoms with E-state index in [2.05, 4.69) is 6.92 Å². The van der Waals surface area contributed by atoms with E-state index >= 15 is 0 Å². The molecule has 0 amide bonds. The molecule has 0 aromatic carbocycles. The summed E-state index contributed by atoms with van der Waals surface area (Å²) in [5, 5.41) is 18.3. The molecule has 0 aliphatic carbocycles. The van der Waals surface area contributed by atoms with Gasteiger partial charge in [-0.2, -0.15) is 0 Å². The van der Waals surface area contributed by atoms with Crippen LogP contribution in [0, 0.1) is 0 Å². The van der Waals surface area contributed by atoms with Gasteiger partial charge in [-0.05, 0) is 6.42 Å². The molecule has 4 N–H and O–H groups in total. The van der Waals surface area contributed by atoms with E-state index in [1.54, 1.807) is 0 Å². The predicted molar refractivity (Wildman–Crippen MR) is 96.4 cm³/mol. The maximum atomic E-state index is 11.6. The smallest absolute Gasteiger partial charge is 0.162 e. The highest BCUT2D eigenvalue weighted by atomic mass is 16.3. The first-order valence-corrected chi connectivity index (χ1v) is 9.70. The molecule has 0 unspecified atom stereocenters. The summed E-state index contributed by atoms with van der Waals surface area (Å²) in [7, 11) is 0. The molecule has 2 atom stereocenters. The molecule has 0 aliphatic rings. The fourth-order valence-corrected chi connectivity index (χ4v) is 2.80. The van der Waals surface area contributed by atoms with Crippen LogP contribution in [0.25, 0.3) is 0 Å². The SMILES string of the molecule is CCCCCCCCCCCCCCCC(=O)[C@@H](O)[C@@H](N)CO. The molecule has 0 spiro atoms. The van der Waals surface area contributed by atoms with Crippen molar-refractivity contribution in [2.45, 2.75) is 109 Å². The molecule has 0 saturated heterocycles. The number of carbonyl (C=O) groups excluding carboxylic acids is 1. The summed E-state index contributed by atoms with van der Waals surface area (Å²) >= 11 is 0. The van der Waals surface area contributed by atoms with E-state index in [0.29, 0.717) is 6.42 Å². The Morgan fingerprint density at radius 3 is 1.61 bits per heavy atom. The van der Waals surface area contributed by atoms with E-state index in [0.717, 1.165) is 19.3 Å². The van der Waals surface area contributed by atoms with Crippen LogP contribution >= 0.6 is 0 Å². The van der Waals surface area contributed by atoms with Crippen LogP contribution < -0.4 is 5.73 Å². The second-order valence-electron chi connectivity index (χ2n) is 6.75. The number of nitrogens with two attached hydrogens (primary N) is 1. The number of aliphatic hydroxyl groups excluding tert-OH is 2. The average Bonchev–Trinajstić information content (AvgIpc) is 2.57. The van der Waals surface area contributed by atoms with Gasteiger partial charge in [0, 0.05) is 6.42 Å². The highest BCUT2D eigenvalue weighted by Crippen LogP contribution is 2.13. The monoisotopic (exact) mass is 329 g/mol. The second kappa shape index (κ2) is 16.4. The van der Waals surface area contributed by atoms with Crippen molar-refractivity contribution in [2.24, 2.45) is 5.73 Å². The third-order valence-corrected chi connectivity index (χ3v) is 4.47. The largest absolute Gasteiger partial charge is 0.395 e. The van der Waals surface area contributed by atoms with Crippen molar-refractivity contribution in [1.29, 1.82) is 0 Å². The highest BCUT2D eigenvalue weighted by Gasteiger charge is 2.21. The van der Waals surface area contributed by atoms with Crippen LogP contribution in [-0.4, -0.2) is 34.7 Å². The normalized spacial score (nSPS) is 13.9. The summed E-state index contributed by atoms with van der Waals surface area (Å²) < 4.78 is 0. The van der Waals surface area contributed by atoms with Crippen molar-refractivity contribution in [2.75, 3.05) is 6.61 Å². The number of hydrogen-bond acceptors (Lipinski definition) is 4. The number of rotatable bonds is 17. The first kappa shape index (κ1) is 22.6. The van der Waals surface area contributed by atoms with Gasteiger partial charge in [-0.1, -0.05) is 84.0 Å². The molecular weight excluding hydrogens is 290 g/mol. The Balaban J connectivity index is 3.26. The van der Waals surface area contributed by atoms with Crippen molar-refractivity contribution in [3.8, 4) is 0 Å². The molecule has 4 nitrogen and oxygen atoms in total. The molecule has 0 aliphatic heterocycles. The van der Waals surface area contributed by atoms with Gasteiger partial charge in [-0.3, -0.25) is 4.79 Å². The molecular formula is C19H39NO3.